The fourth-order valence-electron chi connectivity index (χ4n) is 7.12. The molecule has 1 amide bonds. The number of hydrogen-bond acceptors (Lipinski definition) is 5. The zero-order valence-electron chi connectivity index (χ0n) is 38.6. The smallest absolute Gasteiger partial charge is 0.306 e. The molecule has 0 heterocycles. The second-order valence-corrected chi connectivity index (χ2v) is 16.6. The maximum Gasteiger partial charge on any atom is 0.306 e. The van der Waals surface area contributed by atoms with Gasteiger partial charge in [0.25, 0.3) is 0 Å². The molecule has 0 saturated heterocycles. The molecule has 340 valence electrons. The lowest BCUT2D eigenvalue weighted by atomic mass is 10.0. The van der Waals surface area contributed by atoms with Gasteiger partial charge in [-0.1, -0.05) is 209 Å². The Morgan fingerprint density at radius 2 is 0.983 bits per heavy atom. The highest BCUT2D eigenvalue weighted by Crippen LogP contribution is 2.17. The molecule has 0 aromatic rings. The van der Waals surface area contributed by atoms with Crippen molar-refractivity contribution in [3.63, 3.8) is 0 Å². The van der Waals surface area contributed by atoms with Gasteiger partial charge in [-0.2, -0.15) is 0 Å². The van der Waals surface area contributed by atoms with Crippen LogP contribution in [-0.2, 0) is 14.3 Å². The van der Waals surface area contributed by atoms with Crippen molar-refractivity contribution in [3.8, 4) is 0 Å². The maximum atomic E-state index is 13.2. The highest BCUT2D eigenvalue weighted by molar-refractivity contribution is 5.77. The summed E-state index contributed by atoms with van der Waals surface area (Å²) >= 11 is 0. The standard InChI is InChI=1S/C53H93NO5/c1-4-7-10-13-16-19-22-25-26-28-29-32-35-38-41-44-49(59-53(58)46-43-40-37-34-31-27-23-20-17-14-11-8-5-2)47-52(57)54-50(48-55)51(56)45-42-39-36-33-30-24-21-18-15-12-9-6-3/h8,11,14,16-17,19-20,23,25-27,31,49-51,55-56H,4-7,9-10,12-13,15,18,21-22,24,28-30,32-48H2,1-3H3,(H,54,57)/b11-8+,17-14+,19-16-,23-20-,26-25-,31-27-. The van der Waals surface area contributed by atoms with Crippen molar-refractivity contribution in [2.75, 3.05) is 6.61 Å². The molecule has 6 heteroatoms. The molecule has 0 rings (SSSR count). The first-order chi connectivity index (χ1) is 29.0. The number of ether oxygens (including phenoxy) is 1. The van der Waals surface area contributed by atoms with Crippen LogP contribution in [-0.4, -0.2) is 46.9 Å². The number of carbonyl (C=O) groups is 2. The third-order valence-electron chi connectivity index (χ3n) is 10.9. The summed E-state index contributed by atoms with van der Waals surface area (Å²) < 4.78 is 5.90. The summed E-state index contributed by atoms with van der Waals surface area (Å²) in [5.41, 5.74) is 0. The Balaban J connectivity index is 4.70. The summed E-state index contributed by atoms with van der Waals surface area (Å²) in [5.74, 6) is -0.537. The molecule has 59 heavy (non-hydrogen) atoms. The van der Waals surface area contributed by atoms with Crippen LogP contribution < -0.4 is 5.32 Å². The van der Waals surface area contributed by atoms with Gasteiger partial charge < -0.3 is 20.3 Å². The Hall–Kier alpha value is -2.70. The Bertz CT molecular complexity index is 1110. The number of hydrogen-bond donors (Lipinski definition) is 3. The number of allylic oxidation sites excluding steroid dienone is 12. The Labute approximate surface area is 364 Å². The van der Waals surface area contributed by atoms with Crippen molar-refractivity contribution >= 4 is 11.9 Å². The average Bonchev–Trinajstić information content (AvgIpc) is 3.23. The van der Waals surface area contributed by atoms with Crippen LogP contribution in [0, 0.1) is 0 Å². The van der Waals surface area contributed by atoms with Gasteiger partial charge >= 0.3 is 5.97 Å². The van der Waals surface area contributed by atoms with Gasteiger partial charge in [0.05, 0.1) is 25.2 Å². The normalized spacial score (nSPS) is 13.9. The second kappa shape index (κ2) is 46.4. The van der Waals surface area contributed by atoms with Crippen molar-refractivity contribution in [1.82, 2.24) is 5.32 Å². The van der Waals surface area contributed by atoms with E-state index in [-0.39, 0.29) is 24.9 Å². The first-order valence-corrected chi connectivity index (χ1v) is 24.7. The van der Waals surface area contributed by atoms with E-state index in [1.165, 1.54) is 89.9 Å². The molecule has 3 atom stereocenters. The van der Waals surface area contributed by atoms with Gasteiger partial charge in [0.15, 0.2) is 0 Å². The highest BCUT2D eigenvalue weighted by atomic mass is 16.5. The van der Waals surface area contributed by atoms with Crippen molar-refractivity contribution in [3.05, 3.63) is 72.9 Å². The summed E-state index contributed by atoms with van der Waals surface area (Å²) in [4.78, 5) is 26.1. The van der Waals surface area contributed by atoms with Gasteiger partial charge in [-0.15, -0.1) is 0 Å². The number of amides is 1. The molecule has 0 bridgehead atoms. The first kappa shape index (κ1) is 56.3. The monoisotopic (exact) mass is 824 g/mol. The first-order valence-electron chi connectivity index (χ1n) is 24.7. The van der Waals surface area contributed by atoms with Crippen LogP contribution in [0.5, 0.6) is 0 Å². The summed E-state index contributed by atoms with van der Waals surface area (Å²) in [6.07, 6.45) is 58.1. The van der Waals surface area contributed by atoms with Gasteiger partial charge in [-0.05, 0) is 77.0 Å². The lowest BCUT2D eigenvalue weighted by molar-refractivity contribution is -0.151. The van der Waals surface area contributed by atoms with E-state index < -0.39 is 18.2 Å². The summed E-state index contributed by atoms with van der Waals surface area (Å²) in [6.45, 7) is 6.29. The maximum absolute atomic E-state index is 13.2. The summed E-state index contributed by atoms with van der Waals surface area (Å²) in [7, 11) is 0. The fraction of sp³-hybridized carbons (Fsp3) is 0.736. The van der Waals surface area contributed by atoms with Gasteiger partial charge in [0.2, 0.25) is 5.91 Å². The SMILES string of the molecule is CC/C=C/C=C/C=C\C=C/CCCCCC(=O)OC(CCCCCCC/C=C\C/C=C\CCCCC)CC(=O)NC(CO)C(O)CCCCCCCCCCCCCC. The van der Waals surface area contributed by atoms with E-state index in [2.05, 4.69) is 68.6 Å². The number of esters is 1. The summed E-state index contributed by atoms with van der Waals surface area (Å²) in [6, 6.07) is -0.716. The quantitative estimate of drug-likeness (QED) is 0.0246. The van der Waals surface area contributed by atoms with Gasteiger partial charge in [-0.25, -0.2) is 0 Å². The van der Waals surface area contributed by atoms with Crippen molar-refractivity contribution in [2.24, 2.45) is 0 Å². The third kappa shape index (κ3) is 41.8. The topological polar surface area (TPSA) is 95.9 Å². The summed E-state index contributed by atoms with van der Waals surface area (Å²) in [5, 5.41) is 23.7. The van der Waals surface area contributed by atoms with Gasteiger partial charge in [-0.3, -0.25) is 9.59 Å². The second-order valence-electron chi connectivity index (χ2n) is 16.6. The average molecular weight is 824 g/mol. The minimum atomic E-state index is -0.800. The van der Waals surface area contributed by atoms with Crippen LogP contribution in [0.15, 0.2) is 72.9 Å². The number of nitrogens with one attached hydrogen (secondary N) is 1. The molecule has 0 fully saturated rings. The minimum absolute atomic E-state index is 0.0494. The fourth-order valence-corrected chi connectivity index (χ4v) is 7.12. The van der Waals surface area contributed by atoms with Crippen LogP contribution in [0.1, 0.15) is 226 Å². The lowest BCUT2D eigenvalue weighted by Crippen LogP contribution is -2.46. The largest absolute Gasteiger partial charge is 0.462 e. The molecule has 0 aliphatic carbocycles. The molecule has 3 unspecified atom stereocenters. The number of aliphatic hydroxyl groups is 2. The van der Waals surface area contributed by atoms with Crippen LogP contribution in [0.2, 0.25) is 0 Å². The minimum Gasteiger partial charge on any atom is -0.462 e. The van der Waals surface area contributed by atoms with Crippen LogP contribution in [0.3, 0.4) is 0 Å². The van der Waals surface area contributed by atoms with E-state index in [0.29, 0.717) is 19.3 Å². The number of aliphatic hydroxyl groups excluding tert-OH is 2. The molecule has 0 aliphatic rings. The molecule has 0 saturated carbocycles. The highest BCUT2D eigenvalue weighted by Gasteiger charge is 2.24. The van der Waals surface area contributed by atoms with Crippen LogP contribution in [0.25, 0.3) is 0 Å². The third-order valence-corrected chi connectivity index (χ3v) is 10.9. The van der Waals surface area contributed by atoms with Gasteiger partial charge in [0, 0.05) is 6.42 Å². The van der Waals surface area contributed by atoms with Crippen molar-refractivity contribution in [2.45, 2.75) is 244 Å². The number of rotatable bonds is 43. The Morgan fingerprint density at radius 3 is 1.56 bits per heavy atom. The molecule has 6 nitrogen and oxygen atoms in total. The number of carbonyl (C=O) groups excluding carboxylic acids is 2. The molecule has 0 aromatic heterocycles. The van der Waals surface area contributed by atoms with E-state index in [1.807, 2.05) is 30.4 Å². The Kier molecular flexibility index (Phi) is 44.2. The van der Waals surface area contributed by atoms with E-state index >= 15 is 0 Å². The zero-order chi connectivity index (χ0) is 43.1. The van der Waals surface area contributed by atoms with E-state index in [4.69, 9.17) is 4.74 Å². The molecule has 0 aliphatic heterocycles. The van der Waals surface area contributed by atoms with Crippen LogP contribution in [0.4, 0.5) is 0 Å². The predicted molar refractivity (Wildman–Crippen MR) is 255 cm³/mol. The van der Waals surface area contributed by atoms with Crippen molar-refractivity contribution in [1.29, 1.82) is 0 Å². The molecular weight excluding hydrogens is 731 g/mol. The lowest BCUT2D eigenvalue weighted by Gasteiger charge is -2.24. The van der Waals surface area contributed by atoms with E-state index in [0.717, 1.165) is 89.9 Å². The molecule has 0 aromatic carbocycles. The zero-order valence-corrected chi connectivity index (χ0v) is 38.6. The van der Waals surface area contributed by atoms with Crippen LogP contribution >= 0.6 is 0 Å². The van der Waals surface area contributed by atoms with E-state index in [9.17, 15) is 19.8 Å². The number of unbranched alkanes of at least 4 members (excludes halogenated alkanes) is 22. The molecule has 0 spiro atoms. The molecular formula is C53H93NO5. The Morgan fingerprint density at radius 1 is 0.525 bits per heavy atom. The molecule has 3 N–H and O–H groups in total. The predicted octanol–water partition coefficient (Wildman–Crippen LogP) is 14.6. The van der Waals surface area contributed by atoms with E-state index in [1.54, 1.807) is 0 Å². The van der Waals surface area contributed by atoms with Gasteiger partial charge in [0.1, 0.15) is 6.10 Å². The molecule has 0 radical (unpaired) electrons. The van der Waals surface area contributed by atoms with Crippen molar-refractivity contribution < 1.29 is 24.5 Å².